The molecule has 0 radical (unpaired) electrons. The van der Waals surface area contributed by atoms with Gasteiger partial charge in [0.1, 0.15) is 24.3 Å². The van der Waals surface area contributed by atoms with Crippen molar-refractivity contribution in [2.75, 3.05) is 0 Å². The molecular formula is C16H11ClN2O4. The Morgan fingerprint density at radius 3 is 2.83 bits per heavy atom. The Balaban J connectivity index is 1.70. The number of hydrogen-bond donors (Lipinski definition) is 0. The van der Waals surface area contributed by atoms with Crippen molar-refractivity contribution in [3.63, 3.8) is 0 Å². The van der Waals surface area contributed by atoms with Gasteiger partial charge in [0.05, 0.1) is 11.0 Å². The molecule has 116 valence electrons. The lowest BCUT2D eigenvalue weighted by atomic mass is 10.2. The fraction of sp³-hybridized carbons (Fsp3) is 0.0625. The van der Waals surface area contributed by atoms with Gasteiger partial charge in [0.25, 0.3) is 5.69 Å². The van der Waals surface area contributed by atoms with Crippen LogP contribution >= 0.6 is 11.6 Å². The first-order valence-electron chi connectivity index (χ1n) is 6.69. The first-order valence-corrected chi connectivity index (χ1v) is 7.07. The van der Waals surface area contributed by atoms with Crippen molar-refractivity contribution < 1.29 is 14.1 Å². The summed E-state index contributed by atoms with van der Waals surface area (Å²) >= 11 is 5.93. The Morgan fingerprint density at radius 1 is 1.22 bits per heavy atom. The van der Waals surface area contributed by atoms with E-state index in [1.165, 1.54) is 18.4 Å². The van der Waals surface area contributed by atoms with E-state index < -0.39 is 4.92 Å². The van der Waals surface area contributed by atoms with E-state index in [0.717, 1.165) is 5.56 Å². The summed E-state index contributed by atoms with van der Waals surface area (Å²) in [5.41, 5.74) is 1.31. The Labute approximate surface area is 136 Å². The molecule has 23 heavy (non-hydrogen) atoms. The van der Waals surface area contributed by atoms with E-state index in [0.29, 0.717) is 22.4 Å². The molecule has 0 saturated heterocycles. The molecule has 0 aliphatic carbocycles. The maximum absolute atomic E-state index is 10.7. The molecule has 0 N–H and O–H groups in total. The lowest BCUT2D eigenvalue weighted by Crippen LogP contribution is -1.96. The molecule has 0 fully saturated rings. The summed E-state index contributed by atoms with van der Waals surface area (Å²) in [5, 5.41) is 11.3. The van der Waals surface area contributed by atoms with Gasteiger partial charge in [-0.2, -0.15) is 0 Å². The predicted octanol–water partition coefficient (Wildman–Crippen LogP) is 4.48. The average Bonchev–Trinajstić information content (AvgIpc) is 3.02. The van der Waals surface area contributed by atoms with Gasteiger partial charge >= 0.3 is 0 Å². The number of halogens is 1. The number of hydrogen-bond acceptors (Lipinski definition) is 5. The molecule has 0 aliphatic heterocycles. The quantitative estimate of drug-likeness (QED) is 0.509. The maximum Gasteiger partial charge on any atom is 0.273 e. The number of non-ortho nitro benzene ring substituents is 1. The number of oxazole rings is 1. The number of nitro benzene ring substituents is 1. The topological polar surface area (TPSA) is 78.4 Å². The number of benzene rings is 2. The molecule has 6 nitrogen and oxygen atoms in total. The summed E-state index contributed by atoms with van der Waals surface area (Å²) in [4.78, 5) is 14.6. The number of ether oxygens (including phenoxy) is 1. The van der Waals surface area contributed by atoms with Crippen molar-refractivity contribution in [1.29, 1.82) is 0 Å². The van der Waals surface area contributed by atoms with E-state index in [4.69, 9.17) is 20.8 Å². The standard InChI is InChI=1S/C16H11ClN2O4/c17-12-4-1-3-11(7-12)16-18-13(10-23-16)9-22-15-6-2-5-14(8-15)19(20)21/h1-8,10H,9H2. The maximum atomic E-state index is 10.7. The highest BCUT2D eigenvalue weighted by atomic mass is 35.5. The van der Waals surface area contributed by atoms with Gasteiger partial charge in [0.2, 0.25) is 5.89 Å². The van der Waals surface area contributed by atoms with Gasteiger partial charge in [0, 0.05) is 16.7 Å². The highest BCUT2D eigenvalue weighted by Crippen LogP contribution is 2.23. The minimum absolute atomic E-state index is 0.0257. The van der Waals surface area contributed by atoms with Crippen molar-refractivity contribution in [2.24, 2.45) is 0 Å². The largest absolute Gasteiger partial charge is 0.487 e. The summed E-state index contributed by atoms with van der Waals surface area (Å²) in [5.74, 6) is 0.830. The van der Waals surface area contributed by atoms with E-state index in [2.05, 4.69) is 4.98 Å². The van der Waals surface area contributed by atoms with Crippen LogP contribution in [-0.2, 0) is 6.61 Å². The lowest BCUT2D eigenvalue weighted by molar-refractivity contribution is -0.384. The van der Waals surface area contributed by atoms with Gasteiger partial charge in [-0.15, -0.1) is 0 Å². The van der Waals surface area contributed by atoms with Gasteiger partial charge in [-0.1, -0.05) is 23.7 Å². The van der Waals surface area contributed by atoms with E-state index in [1.54, 1.807) is 30.3 Å². The number of nitrogens with zero attached hydrogens (tertiary/aromatic N) is 2. The zero-order valence-electron chi connectivity index (χ0n) is 11.8. The normalized spacial score (nSPS) is 10.5. The van der Waals surface area contributed by atoms with Crippen LogP contribution in [0.3, 0.4) is 0 Å². The minimum Gasteiger partial charge on any atom is -0.487 e. The van der Waals surface area contributed by atoms with Crippen LogP contribution in [0.25, 0.3) is 11.5 Å². The zero-order chi connectivity index (χ0) is 16.2. The zero-order valence-corrected chi connectivity index (χ0v) is 12.6. The van der Waals surface area contributed by atoms with Crippen molar-refractivity contribution in [3.05, 3.63) is 75.6 Å². The summed E-state index contributed by atoms with van der Waals surface area (Å²) in [6, 6.07) is 13.1. The van der Waals surface area contributed by atoms with Crippen LogP contribution in [0.15, 0.2) is 59.2 Å². The van der Waals surface area contributed by atoms with E-state index in [-0.39, 0.29) is 12.3 Å². The van der Waals surface area contributed by atoms with Crippen LogP contribution in [0.1, 0.15) is 5.69 Å². The molecule has 0 aliphatic rings. The Morgan fingerprint density at radius 2 is 2.04 bits per heavy atom. The van der Waals surface area contributed by atoms with Gasteiger partial charge in [-0.3, -0.25) is 10.1 Å². The van der Waals surface area contributed by atoms with Crippen molar-refractivity contribution >= 4 is 17.3 Å². The SMILES string of the molecule is O=[N+]([O-])c1cccc(OCc2coc(-c3cccc(Cl)c3)n2)c1. The second-order valence-corrected chi connectivity index (χ2v) is 5.13. The van der Waals surface area contributed by atoms with Crippen molar-refractivity contribution in [1.82, 2.24) is 4.98 Å². The van der Waals surface area contributed by atoms with Gasteiger partial charge < -0.3 is 9.15 Å². The number of nitro groups is 1. The molecule has 0 atom stereocenters. The smallest absolute Gasteiger partial charge is 0.273 e. The van der Waals surface area contributed by atoms with Crippen LogP contribution in [-0.4, -0.2) is 9.91 Å². The average molecular weight is 331 g/mol. The van der Waals surface area contributed by atoms with Crippen LogP contribution < -0.4 is 4.74 Å². The van der Waals surface area contributed by atoms with E-state index in [9.17, 15) is 10.1 Å². The third kappa shape index (κ3) is 3.67. The molecule has 7 heteroatoms. The molecule has 2 aromatic carbocycles. The van der Waals surface area contributed by atoms with Crippen molar-refractivity contribution in [2.45, 2.75) is 6.61 Å². The summed E-state index contributed by atoms with van der Waals surface area (Å²) < 4.78 is 10.9. The number of rotatable bonds is 5. The molecule has 3 rings (SSSR count). The summed E-state index contributed by atoms with van der Waals surface area (Å²) in [7, 11) is 0. The van der Waals surface area contributed by atoms with E-state index in [1.807, 2.05) is 6.07 Å². The summed E-state index contributed by atoms with van der Waals surface area (Å²) in [6.07, 6.45) is 1.48. The van der Waals surface area contributed by atoms with Gasteiger partial charge in [0.15, 0.2) is 0 Å². The number of aromatic nitrogens is 1. The Kier molecular flexibility index (Phi) is 4.25. The fourth-order valence-electron chi connectivity index (χ4n) is 1.97. The summed E-state index contributed by atoms with van der Waals surface area (Å²) in [6.45, 7) is 0.144. The molecule has 3 aromatic rings. The molecular weight excluding hydrogens is 320 g/mol. The van der Waals surface area contributed by atoms with Crippen LogP contribution in [0.4, 0.5) is 5.69 Å². The minimum atomic E-state index is -0.472. The van der Waals surface area contributed by atoms with Gasteiger partial charge in [-0.05, 0) is 24.3 Å². The molecule has 0 bridgehead atoms. The fourth-order valence-corrected chi connectivity index (χ4v) is 2.16. The highest BCUT2D eigenvalue weighted by molar-refractivity contribution is 6.30. The molecule has 1 aromatic heterocycles. The molecule has 0 amide bonds. The van der Waals surface area contributed by atoms with Crippen molar-refractivity contribution in [3.8, 4) is 17.2 Å². The Hall–Kier alpha value is -2.86. The third-order valence-corrected chi connectivity index (χ3v) is 3.27. The second kappa shape index (κ2) is 6.50. The van der Waals surface area contributed by atoms with E-state index >= 15 is 0 Å². The van der Waals surface area contributed by atoms with Gasteiger partial charge in [-0.25, -0.2) is 4.98 Å². The Bertz CT molecular complexity index is 847. The monoisotopic (exact) mass is 330 g/mol. The molecule has 1 heterocycles. The lowest BCUT2D eigenvalue weighted by Gasteiger charge is -2.03. The first-order chi connectivity index (χ1) is 11.1. The third-order valence-electron chi connectivity index (χ3n) is 3.04. The first kappa shape index (κ1) is 15.1. The van der Waals surface area contributed by atoms with Crippen LogP contribution in [0.2, 0.25) is 5.02 Å². The molecule has 0 spiro atoms. The molecule has 0 unspecified atom stereocenters. The highest BCUT2D eigenvalue weighted by Gasteiger charge is 2.09. The molecule has 0 saturated carbocycles. The van der Waals surface area contributed by atoms with Crippen LogP contribution in [0, 0.1) is 10.1 Å². The second-order valence-electron chi connectivity index (χ2n) is 4.70. The predicted molar refractivity (Wildman–Crippen MR) is 84.4 cm³/mol. The van der Waals surface area contributed by atoms with Crippen LogP contribution in [0.5, 0.6) is 5.75 Å².